The van der Waals surface area contributed by atoms with Crippen molar-refractivity contribution in [1.82, 2.24) is 0 Å². The molecular weight excluding hydrogens is 280 g/mol. The molecule has 1 aliphatic carbocycles. The van der Waals surface area contributed by atoms with E-state index >= 15 is 0 Å². The molecule has 1 N–H and O–H groups in total. The fourth-order valence-electron chi connectivity index (χ4n) is 4.07. The normalized spacial score (nSPS) is 24.3. The Labute approximate surface area is 143 Å². The summed E-state index contributed by atoms with van der Waals surface area (Å²) in [5.74, 6) is 4.07. The zero-order valence-electron chi connectivity index (χ0n) is 15.6. The van der Waals surface area contributed by atoms with E-state index in [4.69, 9.17) is 0 Å². The van der Waals surface area contributed by atoms with Gasteiger partial charge in [-0.05, 0) is 73.5 Å². The molecule has 0 amide bonds. The third-order valence-electron chi connectivity index (χ3n) is 6.17. The topological polar surface area (TPSA) is 20.2 Å². The highest BCUT2D eigenvalue weighted by atomic mass is 16.3. The number of hydrogen-bond donors (Lipinski definition) is 1. The highest BCUT2D eigenvalue weighted by Gasteiger charge is 2.23. The maximum Gasteiger partial charge on any atom is 0.118 e. The lowest BCUT2D eigenvalue weighted by Gasteiger charge is -2.31. The maximum absolute atomic E-state index is 9.61. The van der Waals surface area contributed by atoms with Gasteiger partial charge in [0.1, 0.15) is 5.75 Å². The Morgan fingerprint density at radius 3 is 2.39 bits per heavy atom. The van der Waals surface area contributed by atoms with Crippen LogP contribution in [0.2, 0.25) is 0 Å². The van der Waals surface area contributed by atoms with Crippen molar-refractivity contribution in [2.45, 2.75) is 79.1 Å². The van der Waals surface area contributed by atoms with E-state index in [1.165, 1.54) is 50.5 Å². The second-order valence-electron chi connectivity index (χ2n) is 8.34. The summed E-state index contributed by atoms with van der Waals surface area (Å²) in [5.41, 5.74) is 2.36. The lowest BCUT2D eigenvalue weighted by molar-refractivity contribution is 0.207. The van der Waals surface area contributed by atoms with Crippen molar-refractivity contribution in [3.8, 4) is 5.75 Å². The zero-order valence-corrected chi connectivity index (χ0v) is 15.6. The largest absolute Gasteiger partial charge is 0.508 e. The Hall–Kier alpha value is -0.980. The summed E-state index contributed by atoms with van der Waals surface area (Å²) in [6, 6.07) is 6.04. The summed E-state index contributed by atoms with van der Waals surface area (Å²) < 4.78 is 0. The molecule has 1 aromatic carbocycles. The fourth-order valence-corrected chi connectivity index (χ4v) is 4.07. The quantitative estimate of drug-likeness (QED) is 0.607. The van der Waals surface area contributed by atoms with Crippen molar-refractivity contribution in [1.29, 1.82) is 0 Å². The Balaban J connectivity index is 1.68. The van der Waals surface area contributed by atoms with Gasteiger partial charge in [0, 0.05) is 0 Å². The molecule has 0 saturated heterocycles. The number of rotatable bonds is 7. The average molecular weight is 317 g/mol. The molecule has 1 fully saturated rings. The highest BCUT2D eigenvalue weighted by molar-refractivity contribution is 5.34. The lowest BCUT2D eigenvalue weighted by atomic mass is 9.75. The average Bonchev–Trinajstić information content (AvgIpc) is 2.54. The predicted molar refractivity (Wildman–Crippen MR) is 99.8 cm³/mol. The Morgan fingerprint density at radius 1 is 1.04 bits per heavy atom. The van der Waals surface area contributed by atoms with Crippen LogP contribution in [0, 0.1) is 30.6 Å². The summed E-state index contributed by atoms with van der Waals surface area (Å²) in [7, 11) is 0. The van der Waals surface area contributed by atoms with Crippen molar-refractivity contribution in [3.05, 3.63) is 29.3 Å². The van der Waals surface area contributed by atoms with Crippen molar-refractivity contribution >= 4 is 0 Å². The standard InChI is InChI=1S/C22H36O/c1-16(6-10-20-11-14-22(23)19(4)15-20)5-9-18(3)21-12-7-17(2)8-13-21/h11,14-18,21,23H,5-10,12-13H2,1-4H3. The first kappa shape index (κ1) is 18.4. The van der Waals surface area contributed by atoms with E-state index in [1.54, 1.807) is 0 Å². The SMILES string of the molecule is Cc1cc(CCC(C)CCC(C)C2CCC(C)CC2)ccc1O. The first-order valence-electron chi connectivity index (χ1n) is 9.74. The molecule has 0 heterocycles. The minimum atomic E-state index is 0.414. The monoisotopic (exact) mass is 316 g/mol. The molecule has 23 heavy (non-hydrogen) atoms. The van der Waals surface area contributed by atoms with Gasteiger partial charge in [-0.3, -0.25) is 0 Å². The van der Waals surface area contributed by atoms with Gasteiger partial charge in [0.2, 0.25) is 0 Å². The molecular formula is C22H36O. The number of phenolic OH excluding ortho intramolecular Hbond substituents is 1. The third-order valence-corrected chi connectivity index (χ3v) is 6.17. The zero-order chi connectivity index (χ0) is 16.8. The van der Waals surface area contributed by atoms with Gasteiger partial charge in [-0.15, -0.1) is 0 Å². The molecule has 2 rings (SSSR count). The molecule has 0 radical (unpaired) electrons. The summed E-state index contributed by atoms with van der Waals surface area (Å²) in [5, 5.41) is 9.61. The van der Waals surface area contributed by atoms with E-state index in [2.05, 4.69) is 32.9 Å². The molecule has 0 bridgehead atoms. The van der Waals surface area contributed by atoms with Gasteiger partial charge in [0.15, 0.2) is 0 Å². The smallest absolute Gasteiger partial charge is 0.118 e. The van der Waals surface area contributed by atoms with E-state index in [9.17, 15) is 5.11 Å². The van der Waals surface area contributed by atoms with Gasteiger partial charge in [-0.2, -0.15) is 0 Å². The number of phenols is 1. The fraction of sp³-hybridized carbons (Fsp3) is 0.727. The third kappa shape index (κ3) is 5.86. The van der Waals surface area contributed by atoms with Crippen molar-refractivity contribution in [2.75, 3.05) is 0 Å². The van der Waals surface area contributed by atoms with E-state index in [-0.39, 0.29) is 0 Å². The van der Waals surface area contributed by atoms with Gasteiger partial charge in [-0.1, -0.05) is 58.6 Å². The number of benzene rings is 1. The minimum Gasteiger partial charge on any atom is -0.508 e. The van der Waals surface area contributed by atoms with Crippen LogP contribution in [0.1, 0.15) is 76.8 Å². The molecule has 0 spiro atoms. The second-order valence-corrected chi connectivity index (χ2v) is 8.34. The van der Waals surface area contributed by atoms with Crippen LogP contribution in [0.5, 0.6) is 5.75 Å². The lowest BCUT2D eigenvalue weighted by Crippen LogP contribution is -2.19. The van der Waals surface area contributed by atoms with Gasteiger partial charge in [0.05, 0.1) is 0 Å². The number of aryl methyl sites for hydroxylation is 2. The van der Waals surface area contributed by atoms with E-state index in [1.807, 2.05) is 13.0 Å². The molecule has 1 aromatic rings. The maximum atomic E-state index is 9.61. The molecule has 130 valence electrons. The Morgan fingerprint density at radius 2 is 1.74 bits per heavy atom. The molecule has 0 aromatic heterocycles. The second kappa shape index (κ2) is 8.76. The molecule has 1 saturated carbocycles. The molecule has 0 aliphatic heterocycles. The van der Waals surface area contributed by atoms with E-state index in [0.717, 1.165) is 35.7 Å². The summed E-state index contributed by atoms with van der Waals surface area (Å²) in [6.45, 7) is 9.28. The summed E-state index contributed by atoms with van der Waals surface area (Å²) >= 11 is 0. The molecule has 1 aliphatic rings. The summed E-state index contributed by atoms with van der Waals surface area (Å²) in [6.07, 6.45) is 11.0. The van der Waals surface area contributed by atoms with Gasteiger partial charge in [-0.25, -0.2) is 0 Å². The van der Waals surface area contributed by atoms with Gasteiger partial charge < -0.3 is 5.11 Å². The van der Waals surface area contributed by atoms with Crippen LogP contribution in [0.15, 0.2) is 18.2 Å². The van der Waals surface area contributed by atoms with Crippen molar-refractivity contribution in [2.24, 2.45) is 23.7 Å². The van der Waals surface area contributed by atoms with Gasteiger partial charge >= 0.3 is 0 Å². The number of hydrogen-bond acceptors (Lipinski definition) is 1. The molecule has 2 atom stereocenters. The Bertz CT molecular complexity index is 471. The van der Waals surface area contributed by atoms with Crippen LogP contribution in [0.25, 0.3) is 0 Å². The van der Waals surface area contributed by atoms with Crippen LogP contribution in [0.3, 0.4) is 0 Å². The molecule has 1 nitrogen and oxygen atoms in total. The highest BCUT2D eigenvalue weighted by Crippen LogP contribution is 2.35. The minimum absolute atomic E-state index is 0.414. The van der Waals surface area contributed by atoms with Crippen LogP contribution in [-0.4, -0.2) is 5.11 Å². The molecule has 1 heteroatoms. The van der Waals surface area contributed by atoms with Gasteiger partial charge in [0.25, 0.3) is 0 Å². The van der Waals surface area contributed by atoms with Crippen molar-refractivity contribution in [3.63, 3.8) is 0 Å². The Kier molecular flexibility index (Phi) is 6.99. The van der Waals surface area contributed by atoms with E-state index < -0.39 is 0 Å². The van der Waals surface area contributed by atoms with Crippen LogP contribution in [0.4, 0.5) is 0 Å². The van der Waals surface area contributed by atoms with Crippen LogP contribution in [-0.2, 0) is 6.42 Å². The van der Waals surface area contributed by atoms with Crippen LogP contribution < -0.4 is 0 Å². The van der Waals surface area contributed by atoms with Crippen molar-refractivity contribution < 1.29 is 5.11 Å². The predicted octanol–water partition coefficient (Wildman–Crippen LogP) is 6.51. The first-order chi connectivity index (χ1) is 11.0. The van der Waals surface area contributed by atoms with Crippen LogP contribution >= 0.6 is 0 Å². The molecule has 2 unspecified atom stereocenters. The number of aromatic hydroxyl groups is 1. The first-order valence-corrected chi connectivity index (χ1v) is 9.74. The summed E-state index contributed by atoms with van der Waals surface area (Å²) in [4.78, 5) is 0. The van der Waals surface area contributed by atoms with E-state index in [0.29, 0.717) is 5.75 Å².